The van der Waals surface area contributed by atoms with Gasteiger partial charge in [-0.2, -0.15) is 5.26 Å². The fourth-order valence-corrected chi connectivity index (χ4v) is 2.31. The van der Waals surface area contributed by atoms with Crippen molar-refractivity contribution >= 4 is 44.8 Å². The van der Waals surface area contributed by atoms with Crippen LogP contribution in [0.15, 0.2) is 12.1 Å². The second-order valence-electron chi connectivity index (χ2n) is 2.34. The average molecular weight is 229 g/mol. The minimum Gasteiger partial charge on any atom is -0.224 e. The summed E-state index contributed by atoms with van der Waals surface area (Å²) in [4.78, 5) is 4.03. The van der Waals surface area contributed by atoms with Gasteiger partial charge in [-0.3, -0.25) is 0 Å². The summed E-state index contributed by atoms with van der Waals surface area (Å²) in [6.07, 6.45) is 0. The third-order valence-corrected chi connectivity index (χ3v) is 3.27. The Morgan fingerprint density at radius 3 is 2.62 bits per heavy atom. The van der Waals surface area contributed by atoms with Gasteiger partial charge in [-0.15, -0.1) is 11.3 Å². The van der Waals surface area contributed by atoms with Gasteiger partial charge in [-0.25, -0.2) is 4.98 Å². The van der Waals surface area contributed by atoms with Crippen LogP contribution >= 0.6 is 34.5 Å². The molecule has 13 heavy (non-hydrogen) atoms. The first kappa shape index (κ1) is 8.76. The van der Waals surface area contributed by atoms with E-state index in [1.54, 1.807) is 12.1 Å². The quantitative estimate of drug-likeness (QED) is 0.693. The van der Waals surface area contributed by atoms with Crippen molar-refractivity contribution in [2.75, 3.05) is 0 Å². The second-order valence-corrected chi connectivity index (χ2v) is 4.15. The number of hydrogen-bond donors (Lipinski definition) is 0. The van der Waals surface area contributed by atoms with E-state index >= 15 is 0 Å². The van der Waals surface area contributed by atoms with Gasteiger partial charge in [0.15, 0.2) is 5.01 Å². The zero-order chi connectivity index (χ0) is 9.42. The van der Waals surface area contributed by atoms with E-state index in [4.69, 9.17) is 28.5 Å². The number of nitrogens with zero attached hydrogens (tertiary/aromatic N) is 2. The Morgan fingerprint density at radius 2 is 2.00 bits per heavy atom. The van der Waals surface area contributed by atoms with Crippen molar-refractivity contribution in [2.24, 2.45) is 0 Å². The normalized spacial score (nSPS) is 10.2. The maximum atomic E-state index is 8.63. The van der Waals surface area contributed by atoms with E-state index < -0.39 is 0 Å². The molecule has 0 bridgehead atoms. The minimum absolute atomic E-state index is 0.380. The highest BCUT2D eigenvalue weighted by molar-refractivity contribution is 7.19. The van der Waals surface area contributed by atoms with Crippen LogP contribution in [0.5, 0.6) is 0 Å². The summed E-state index contributed by atoms with van der Waals surface area (Å²) in [5.74, 6) is 0. The lowest BCUT2D eigenvalue weighted by Gasteiger charge is -1.92. The fraction of sp³-hybridized carbons (Fsp3) is 0. The summed E-state index contributed by atoms with van der Waals surface area (Å²) in [6, 6.07) is 5.33. The largest absolute Gasteiger partial charge is 0.224 e. The van der Waals surface area contributed by atoms with Crippen molar-refractivity contribution in [3.8, 4) is 6.07 Å². The van der Waals surface area contributed by atoms with Crippen molar-refractivity contribution in [3.05, 3.63) is 27.2 Å². The smallest absolute Gasteiger partial charge is 0.195 e. The zero-order valence-corrected chi connectivity index (χ0v) is 8.54. The molecule has 2 rings (SSSR count). The van der Waals surface area contributed by atoms with Gasteiger partial charge in [0.2, 0.25) is 0 Å². The highest BCUT2D eigenvalue weighted by Gasteiger charge is 2.09. The van der Waals surface area contributed by atoms with Crippen molar-refractivity contribution in [1.82, 2.24) is 4.98 Å². The molecule has 0 atom stereocenters. The van der Waals surface area contributed by atoms with Gasteiger partial charge in [0.1, 0.15) is 11.6 Å². The number of aromatic nitrogens is 1. The minimum atomic E-state index is 0.380. The molecule has 1 heterocycles. The van der Waals surface area contributed by atoms with Crippen LogP contribution in [-0.4, -0.2) is 4.98 Å². The Labute approximate surface area is 88.3 Å². The molecule has 2 aromatic rings. The van der Waals surface area contributed by atoms with Crippen molar-refractivity contribution < 1.29 is 0 Å². The molecule has 0 aliphatic rings. The molecule has 1 aromatic heterocycles. The summed E-state index contributed by atoms with van der Waals surface area (Å²) in [5, 5.41) is 10.1. The lowest BCUT2D eigenvalue weighted by atomic mass is 10.3. The standard InChI is InChI=1S/C8H2Cl2N2S/c9-4-1-2-5(10)8-7(4)12-6(3-11)13-8/h1-2H. The van der Waals surface area contributed by atoms with Crippen LogP contribution in [0.25, 0.3) is 10.2 Å². The van der Waals surface area contributed by atoms with Crippen LogP contribution in [0.4, 0.5) is 0 Å². The van der Waals surface area contributed by atoms with Crippen LogP contribution < -0.4 is 0 Å². The first-order chi connectivity index (χ1) is 6.22. The summed E-state index contributed by atoms with van der Waals surface area (Å²) < 4.78 is 0.769. The van der Waals surface area contributed by atoms with Crippen molar-refractivity contribution in [3.63, 3.8) is 0 Å². The maximum Gasteiger partial charge on any atom is 0.195 e. The van der Waals surface area contributed by atoms with Gasteiger partial charge in [0.05, 0.1) is 14.7 Å². The Balaban J connectivity index is 2.90. The summed E-state index contributed by atoms with van der Waals surface area (Å²) in [5.41, 5.74) is 0.607. The molecule has 0 aliphatic carbocycles. The van der Waals surface area contributed by atoms with E-state index in [1.807, 2.05) is 6.07 Å². The average Bonchev–Trinajstić information content (AvgIpc) is 2.56. The molecule has 0 spiro atoms. The Bertz CT molecular complexity index is 474. The van der Waals surface area contributed by atoms with Crippen molar-refractivity contribution in [2.45, 2.75) is 0 Å². The van der Waals surface area contributed by atoms with Gasteiger partial charge < -0.3 is 0 Å². The first-order valence-corrected chi connectivity index (χ1v) is 4.94. The molecule has 1 aromatic carbocycles. The van der Waals surface area contributed by atoms with E-state index in [2.05, 4.69) is 4.98 Å². The Kier molecular flexibility index (Phi) is 2.12. The zero-order valence-electron chi connectivity index (χ0n) is 6.21. The van der Waals surface area contributed by atoms with Crippen molar-refractivity contribution in [1.29, 1.82) is 5.26 Å². The molecule has 0 N–H and O–H groups in total. The molecule has 64 valence electrons. The molecule has 0 radical (unpaired) electrons. The first-order valence-electron chi connectivity index (χ1n) is 3.37. The summed E-state index contributed by atoms with van der Waals surface area (Å²) in [7, 11) is 0. The van der Waals surface area contributed by atoms with E-state index in [-0.39, 0.29) is 0 Å². The molecule has 0 unspecified atom stereocenters. The lowest BCUT2D eigenvalue weighted by Crippen LogP contribution is -1.72. The molecule has 5 heteroatoms. The molecular formula is C8H2Cl2N2S. The second kappa shape index (κ2) is 3.15. The molecular weight excluding hydrogens is 227 g/mol. The van der Waals surface area contributed by atoms with Crippen LogP contribution in [0, 0.1) is 11.3 Å². The van der Waals surface area contributed by atoms with Gasteiger partial charge in [-0.05, 0) is 12.1 Å². The molecule has 0 aliphatic heterocycles. The molecule has 0 saturated carbocycles. The number of hydrogen-bond acceptors (Lipinski definition) is 3. The van der Waals surface area contributed by atoms with Gasteiger partial charge >= 0.3 is 0 Å². The topological polar surface area (TPSA) is 36.7 Å². The summed E-state index contributed by atoms with van der Waals surface area (Å²) >= 11 is 13.0. The van der Waals surface area contributed by atoms with Crippen LogP contribution in [0.2, 0.25) is 10.0 Å². The fourth-order valence-electron chi connectivity index (χ4n) is 0.993. The lowest BCUT2D eigenvalue weighted by molar-refractivity contribution is 1.40. The predicted octanol–water partition coefficient (Wildman–Crippen LogP) is 3.47. The number of fused-ring (bicyclic) bond motifs is 1. The number of halogens is 2. The molecule has 0 saturated heterocycles. The number of nitriles is 1. The third kappa shape index (κ3) is 1.37. The number of thiazole rings is 1. The van der Waals surface area contributed by atoms with Crippen LogP contribution in [-0.2, 0) is 0 Å². The van der Waals surface area contributed by atoms with E-state index in [0.29, 0.717) is 20.6 Å². The highest BCUT2D eigenvalue weighted by atomic mass is 35.5. The van der Waals surface area contributed by atoms with Crippen LogP contribution in [0.3, 0.4) is 0 Å². The predicted molar refractivity (Wildman–Crippen MR) is 54.4 cm³/mol. The monoisotopic (exact) mass is 228 g/mol. The van der Waals surface area contributed by atoms with E-state index in [9.17, 15) is 0 Å². The maximum absolute atomic E-state index is 8.63. The SMILES string of the molecule is N#Cc1nc2c(Cl)ccc(Cl)c2s1. The van der Waals surface area contributed by atoms with E-state index in [1.165, 1.54) is 11.3 Å². The third-order valence-electron chi connectivity index (χ3n) is 1.54. The highest BCUT2D eigenvalue weighted by Crippen LogP contribution is 2.33. The Hall–Kier alpha value is -0.820. The number of rotatable bonds is 0. The van der Waals surface area contributed by atoms with Gasteiger partial charge in [-0.1, -0.05) is 23.2 Å². The van der Waals surface area contributed by atoms with Crippen LogP contribution in [0.1, 0.15) is 5.01 Å². The number of benzene rings is 1. The van der Waals surface area contributed by atoms with E-state index in [0.717, 1.165) is 4.70 Å². The van der Waals surface area contributed by atoms with Gasteiger partial charge in [0, 0.05) is 0 Å². The molecule has 2 nitrogen and oxygen atoms in total. The molecule has 0 fully saturated rings. The summed E-state index contributed by atoms with van der Waals surface area (Å²) in [6.45, 7) is 0. The Morgan fingerprint density at radius 1 is 1.31 bits per heavy atom. The van der Waals surface area contributed by atoms with Gasteiger partial charge in [0.25, 0.3) is 0 Å². The molecule has 0 amide bonds.